The van der Waals surface area contributed by atoms with Crippen LogP contribution in [-0.4, -0.2) is 35.6 Å². The van der Waals surface area contributed by atoms with Gasteiger partial charge in [-0.3, -0.25) is 4.79 Å². The second-order valence-electron chi connectivity index (χ2n) is 6.40. The highest BCUT2D eigenvalue weighted by Crippen LogP contribution is 2.23. The zero-order valence-corrected chi connectivity index (χ0v) is 15.5. The molecule has 0 spiro atoms. The summed E-state index contributed by atoms with van der Waals surface area (Å²) < 4.78 is 5.54. The molecule has 4 heteroatoms. The van der Waals surface area contributed by atoms with Crippen molar-refractivity contribution in [2.45, 2.75) is 58.9 Å². The van der Waals surface area contributed by atoms with Crippen molar-refractivity contribution >= 4 is 5.91 Å². The normalized spacial score (nSPS) is 11.8. The zero-order chi connectivity index (χ0) is 18.1. The number of benzene rings is 1. The average Bonchev–Trinajstić information content (AvgIpc) is 2.55. The van der Waals surface area contributed by atoms with Gasteiger partial charge in [0.2, 0.25) is 5.91 Å². The maximum atomic E-state index is 12.5. The number of nitrogens with zero attached hydrogens (tertiary/aromatic N) is 1. The fourth-order valence-corrected chi connectivity index (χ4v) is 2.61. The van der Waals surface area contributed by atoms with Crippen LogP contribution in [0.5, 0.6) is 5.75 Å². The van der Waals surface area contributed by atoms with Crippen LogP contribution < -0.4 is 0 Å². The summed E-state index contributed by atoms with van der Waals surface area (Å²) in [7, 11) is 1.83. The highest BCUT2D eigenvalue weighted by molar-refractivity contribution is 5.76. The van der Waals surface area contributed by atoms with Gasteiger partial charge in [0.15, 0.2) is 0 Å². The minimum absolute atomic E-state index is 0.0558. The van der Waals surface area contributed by atoms with E-state index < -0.39 is 0 Å². The van der Waals surface area contributed by atoms with E-state index in [9.17, 15) is 9.90 Å². The number of amides is 1. The molecule has 0 aliphatic carbocycles. The van der Waals surface area contributed by atoms with Gasteiger partial charge in [-0.15, -0.1) is 0 Å². The number of rotatable bonds is 10. The van der Waals surface area contributed by atoms with Crippen molar-refractivity contribution in [3.05, 3.63) is 41.7 Å². The molecule has 0 saturated heterocycles. The fraction of sp³-hybridized carbons (Fsp3) is 0.550. The highest BCUT2D eigenvalue weighted by atomic mass is 16.5. The van der Waals surface area contributed by atoms with E-state index >= 15 is 0 Å². The third-order valence-electron chi connectivity index (χ3n) is 4.28. The van der Waals surface area contributed by atoms with Crippen LogP contribution >= 0.6 is 0 Å². The number of aromatic hydroxyl groups is 1. The standard InChI is InChI=1S/C20H31NO3/c1-6-7-11-18(14-24-15(2)3)21(5)19(22)13-12-17-10-8-9-16(4)20(17)23/h8-10,18,23H,2,6-7,11-14H2,1,3-5H3. The van der Waals surface area contributed by atoms with E-state index in [-0.39, 0.29) is 11.9 Å². The molecule has 0 aliphatic rings. The lowest BCUT2D eigenvalue weighted by Gasteiger charge is -2.28. The van der Waals surface area contributed by atoms with Crippen LogP contribution in [0.1, 0.15) is 50.7 Å². The number of ether oxygens (including phenoxy) is 1. The fourth-order valence-electron chi connectivity index (χ4n) is 2.61. The van der Waals surface area contributed by atoms with Crippen molar-refractivity contribution in [3.8, 4) is 5.75 Å². The average molecular weight is 333 g/mol. The number of unbranched alkanes of at least 4 members (excludes halogenated alkanes) is 1. The van der Waals surface area contributed by atoms with Crippen molar-refractivity contribution in [2.24, 2.45) is 0 Å². The number of carbonyl (C=O) groups excluding carboxylic acids is 1. The van der Waals surface area contributed by atoms with Gasteiger partial charge in [-0.2, -0.15) is 0 Å². The molecule has 0 radical (unpaired) electrons. The van der Waals surface area contributed by atoms with Crippen LogP contribution in [0.3, 0.4) is 0 Å². The molecule has 1 N–H and O–H groups in total. The number of phenolic OH excluding ortho intramolecular Hbond substituents is 1. The van der Waals surface area contributed by atoms with Gasteiger partial charge >= 0.3 is 0 Å². The molecule has 0 saturated carbocycles. The third kappa shape index (κ3) is 6.26. The Hall–Kier alpha value is -1.97. The Bertz CT molecular complexity index is 554. The zero-order valence-electron chi connectivity index (χ0n) is 15.5. The van der Waals surface area contributed by atoms with Crippen molar-refractivity contribution in [2.75, 3.05) is 13.7 Å². The van der Waals surface area contributed by atoms with E-state index in [1.165, 1.54) is 0 Å². The van der Waals surface area contributed by atoms with Gasteiger partial charge in [-0.05, 0) is 37.8 Å². The van der Waals surface area contributed by atoms with E-state index in [4.69, 9.17) is 4.74 Å². The molecule has 1 aromatic carbocycles. The molecule has 0 heterocycles. The maximum absolute atomic E-state index is 12.5. The molecule has 0 aliphatic heterocycles. The van der Waals surface area contributed by atoms with Crippen molar-refractivity contribution in [1.82, 2.24) is 4.90 Å². The lowest BCUT2D eigenvalue weighted by Crippen LogP contribution is -2.40. The molecule has 0 bridgehead atoms. The Morgan fingerprint density at radius 1 is 1.42 bits per heavy atom. The molecule has 1 aromatic rings. The summed E-state index contributed by atoms with van der Waals surface area (Å²) in [5.41, 5.74) is 1.66. The van der Waals surface area contributed by atoms with Gasteiger partial charge in [0, 0.05) is 13.5 Å². The van der Waals surface area contributed by atoms with Gasteiger partial charge in [0.05, 0.1) is 11.8 Å². The van der Waals surface area contributed by atoms with Gasteiger partial charge < -0.3 is 14.7 Å². The first kappa shape index (κ1) is 20.1. The Kier molecular flexibility index (Phi) is 8.37. The van der Waals surface area contributed by atoms with E-state index in [1.54, 1.807) is 4.90 Å². The van der Waals surface area contributed by atoms with Crippen LogP contribution in [0.2, 0.25) is 0 Å². The van der Waals surface area contributed by atoms with Crippen LogP contribution in [-0.2, 0) is 16.0 Å². The Morgan fingerprint density at radius 3 is 2.75 bits per heavy atom. The quantitative estimate of drug-likeness (QED) is 0.653. The van der Waals surface area contributed by atoms with Gasteiger partial charge in [-0.1, -0.05) is 44.5 Å². The van der Waals surface area contributed by atoms with Crippen molar-refractivity contribution < 1.29 is 14.6 Å². The molecule has 1 unspecified atom stereocenters. The Morgan fingerprint density at radius 2 is 2.12 bits per heavy atom. The third-order valence-corrected chi connectivity index (χ3v) is 4.28. The first-order valence-corrected chi connectivity index (χ1v) is 8.68. The van der Waals surface area contributed by atoms with E-state index in [0.29, 0.717) is 31.0 Å². The van der Waals surface area contributed by atoms with Crippen LogP contribution in [0, 0.1) is 6.92 Å². The molecule has 24 heavy (non-hydrogen) atoms. The summed E-state index contributed by atoms with van der Waals surface area (Å²) in [6.45, 7) is 10.1. The number of carbonyl (C=O) groups is 1. The SMILES string of the molecule is C=C(C)OCC(CCCC)N(C)C(=O)CCc1cccc(C)c1O. The van der Waals surface area contributed by atoms with E-state index in [1.807, 2.05) is 39.1 Å². The summed E-state index contributed by atoms with van der Waals surface area (Å²) in [6.07, 6.45) is 3.98. The van der Waals surface area contributed by atoms with Gasteiger partial charge in [0.25, 0.3) is 0 Å². The number of hydrogen-bond acceptors (Lipinski definition) is 3. The maximum Gasteiger partial charge on any atom is 0.223 e. The van der Waals surface area contributed by atoms with Crippen molar-refractivity contribution in [1.29, 1.82) is 0 Å². The summed E-state index contributed by atoms with van der Waals surface area (Å²) in [5, 5.41) is 10.1. The topological polar surface area (TPSA) is 49.8 Å². The summed E-state index contributed by atoms with van der Waals surface area (Å²) >= 11 is 0. The number of aryl methyl sites for hydroxylation is 2. The number of likely N-dealkylation sites (N-methyl/N-ethyl adjacent to an activating group) is 1. The van der Waals surface area contributed by atoms with E-state index in [2.05, 4.69) is 13.5 Å². The number of phenols is 1. The predicted molar refractivity (Wildman–Crippen MR) is 98.0 cm³/mol. The summed E-state index contributed by atoms with van der Waals surface area (Å²) in [5.74, 6) is 1.03. The molecule has 1 amide bonds. The largest absolute Gasteiger partial charge is 0.507 e. The van der Waals surface area contributed by atoms with Gasteiger partial charge in [0.1, 0.15) is 12.4 Å². The lowest BCUT2D eigenvalue weighted by molar-refractivity contribution is -0.133. The van der Waals surface area contributed by atoms with Crippen LogP contribution in [0.4, 0.5) is 0 Å². The van der Waals surface area contributed by atoms with Crippen LogP contribution in [0.25, 0.3) is 0 Å². The minimum atomic E-state index is 0.0558. The summed E-state index contributed by atoms with van der Waals surface area (Å²) in [6, 6.07) is 5.69. The van der Waals surface area contributed by atoms with Gasteiger partial charge in [-0.25, -0.2) is 0 Å². The first-order valence-electron chi connectivity index (χ1n) is 8.68. The molecule has 0 fully saturated rings. The molecular weight excluding hydrogens is 302 g/mol. The predicted octanol–water partition coefficient (Wildman–Crippen LogP) is 4.20. The lowest BCUT2D eigenvalue weighted by atomic mass is 10.0. The first-order chi connectivity index (χ1) is 11.4. The molecule has 1 rings (SSSR count). The second-order valence-corrected chi connectivity index (χ2v) is 6.40. The molecule has 134 valence electrons. The number of para-hydroxylation sites is 1. The Balaban J connectivity index is 2.64. The second kappa shape index (κ2) is 10.0. The Labute approximate surface area is 146 Å². The smallest absolute Gasteiger partial charge is 0.223 e. The van der Waals surface area contributed by atoms with Crippen LogP contribution in [0.15, 0.2) is 30.5 Å². The van der Waals surface area contributed by atoms with E-state index in [0.717, 1.165) is 30.4 Å². The summed E-state index contributed by atoms with van der Waals surface area (Å²) in [4.78, 5) is 14.3. The number of allylic oxidation sites excluding steroid dienone is 1. The molecule has 1 atom stereocenters. The monoisotopic (exact) mass is 333 g/mol. The highest BCUT2D eigenvalue weighted by Gasteiger charge is 2.20. The molecular formula is C20H31NO3. The van der Waals surface area contributed by atoms with Crippen molar-refractivity contribution in [3.63, 3.8) is 0 Å². The number of hydrogen-bond donors (Lipinski definition) is 1. The molecule has 0 aromatic heterocycles. The minimum Gasteiger partial charge on any atom is -0.507 e. The molecule has 4 nitrogen and oxygen atoms in total.